The summed E-state index contributed by atoms with van der Waals surface area (Å²) in [4.78, 5) is 12.3. The minimum Gasteiger partial charge on any atom is -0.490 e. The molecule has 0 aliphatic carbocycles. The van der Waals surface area contributed by atoms with E-state index in [1.165, 1.54) is 0 Å². The molecule has 4 aromatic rings. The van der Waals surface area contributed by atoms with Gasteiger partial charge in [0.1, 0.15) is 11.5 Å². The van der Waals surface area contributed by atoms with Gasteiger partial charge in [-0.1, -0.05) is 35.9 Å². The van der Waals surface area contributed by atoms with Gasteiger partial charge in [-0.2, -0.15) is 0 Å². The molecule has 0 aliphatic rings. The first-order valence-corrected chi connectivity index (χ1v) is 12.0. The van der Waals surface area contributed by atoms with Crippen molar-refractivity contribution in [1.82, 2.24) is 0 Å². The van der Waals surface area contributed by atoms with Gasteiger partial charge in [-0.25, -0.2) is 0 Å². The first-order chi connectivity index (χ1) is 17.6. The Morgan fingerprint density at radius 2 is 1.47 bits per heavy atom. The van der Waals surface area contributed by atoms with Crippen molar-refractivity contribution in [1.29, 1.82) is 0 Å². The lowest BCUT2D eigenvalue weighted by molar-refractivity contribution is -0.118. The van der Waals surface area contributed by atoms with Gasteiger partial charge in [0.25, 0.3) is 5.91 Å². The summed E-state index contributed by atoms with van der Waals surface area (Å²) in [6.45, 7) is 2.84. The Morgan fingerprint density at radius 1 is 0.778 bits per heavy atom. The fraction of sp³-hybridized carbons (Fsp3) is 0.138. The summed E-state index contributed by atoms with van der Waals surface area (Å²) < 4.78 is 17.3. The summed E-state index contributed by atoms with van der Waals surface area (Å²) in [7, 11) is 0. The minimum absolute atomic E-state index is 0.141. The van der Waals surface area contributed by atoms with Crippen LogP contribution in [0.1, 0.15) is 12.5 Å². The fourth-order valence-electron chi connectivity index (χ4n) is 3.39. The van der Waals surface area contributed by atoms with Crippen LogP contribution >= 0.6 is 11.6 Å². The van der Waals surface area contributed by atoms with E-state index in [1.54, 1.807) is 24.3 Å². The zero-order chi connectivity index (χ0) is 25.2. The molecule has 0 saturated carbocycles. The van der Waals surface area contributed by atoms with E-state index in [-0.39, 0.29) is 12.5 Å². The van der Waals surface area contributed by atoms with Crippen molar-refractivity contribution in [2.45, 2.75) is 13.5 Å². The zero-order valence-corrected chi connectivity index (χ0v) is 20.6. The summed E-state index contributed by atoms with van der Waals surface area (Å²) in [6, 6.07) is 30.0. The average Bonchev–Trinajstić information content (AvgIpc) is 2.90. The van der Waals surface area contributed by atoms with Crippen LogP contribution in [0.2, 0.25) is 5.02 Å². The second-order valence-electron chi connectivity index (χ2n) is 7.85. The van der Waals surface area contributed by atoms with Gasteiger partial charge in [-0.15, -0.1) is 0 Å². The van der Waals surface area contributed by atoms with Gasteiger partial charge in [0.2, 0.25) is 0 Å². The number of rotatable bonds is 11. The van der Waals surface area contributed by atoms with Crippen LogP contribution in [0.25, 0.3) is 0 Å². The second kappa shape index (κ2) is 12.5. The molecule has 0 heterocycles. The molecule has 2 N–H and O–H groups in total. The molecule has 1 amide bonds. The maximum atomic E-state index is 12.3. The third kappa shape index (κ3) is 7.42. The average molecular weight is 503 g/mol. The van der Waals surface area contributed by atoms with Crippen molar-refractivity contribution in [3.63, 3.8) is 0 Å². The molecule has 0 saturated heterocycles. The SMILES string of the molecule is CCOc1cc(CNc2ccc(Oc3ccccc3)cc2)ccc1OCC(=O)Nc1ccc(Cl)cc1. The molecule has 0 aliphatic heterocycles. The van der Waals surface area contributed by atoms with Crippen molar-refractivity contribution in [3.8, 4) is 23.0 Å². The number of halogens is 1. The van der Waals surface area contributed by atoms with E-state index < -0.39 is 0 Å². The van der Waals surface area contributed by atoms with E-state index in [4.69, 9.17) is 25.8 Å². The van der Waals surface area contributed by atoms with Crippen LogP contribution in [-0.4, -0.2) is 19.1 Å². The molecule has 0 unspecified atom stereocenters. The van der Waals surface area contributed by atoms with Crippen molar-refractivity contribution >= 4 is 28.9 Å². The predicted octanol–water partition coefficient (Wildman–Crippen LogP) is 7.16. The zero-order valence-electron chi connectivity index (χ0n) is 19.9. The van der Waals surface area contributed by atoms with Gasteiger partial charge in [-0.3, -0.25) is 4.79 Å². The number of carbonyl (C=O) groups is 1. The molecule has 36 heavy (non-hydrogen) atoms. The Kier molecular flexibility index (Phi) is 8.67. The molecule has 6 nitrogen and oxygen atoms in total. The molecule has 0 radical (unpaired) electrons. The number of hydrogen-bond acceptors (Lipinski definition) is 5. The molecule has 0 atom stereocenters. The van der Waals surface area contributed by atoms with Crippen molar-refractivity contribution < 1.29 is 19.0 Å². The Morgan fingerprint density at radius 3 is 2.19 bits per heavy atom. The van der Waals surface area contributed by atoms with Gasteiger partial charge in [0.05, 0.1) is 6.61 Å². The largest absolute Gasteiger partial charge is 0.490 e. The molecule has 0 fully saturated rings. The van der Waals surface area contributed by atoms with E-state index in [1.807, 2.05) is 79.7 Å². The molecule has 0 aromatic heterocycles. The monoisotopic (exact) mass is 502 g/mol. The summed E-state index contributed by atoms with van der Waals surface area (Å²) in [5.41, 5.74) is 2.63. The van der Waals surface area contributed by atoms with Gasteiger partial charge in [0, 0.05) is 22.9 Å². The second-order valence-corrected chi connectivity index (χ2v) is 8.29. The van der Waals surface area contributed by atoms with E-state index in [2.05, 4.69) is 10.6 Å². The van der Waals surface area contributed by atoms with Crippen LogP contribution in [0.3, 0.4) is 0 Å². The lowest BCUT2D eigenvalue weighted by Crippen LogP contribution is -2.20. The van der Waals surface area contributed by atoms with E-state index in [0.717, 1.165) is 22.7 Å². The standard InChI is InChI=1S/C29H27ClN2O4/c1-2-34-28-18-21(8-17-27(28)35-20-29(33)32-24-11-9-22(30)10-12-24)19-31-23-13-15-26(16-14-23)36-25-6-4-3-5-7-25/h3-18,31H,2,19-20H2,1H3,(H,32,33). The van der Waals surface area contributed by atoms with Crippen LogP contribution in [0.15, 0.2) is 97.1 Å². The van der Waals surface area contributed by atoms with Gasteiger partial charge in [0.15, 0.2) is 18.1 Å². The van der Waals surface area contributed by atoms with E-state index in [9.17, 15) is 4.79 Å². The first kappa shape index (κ1) is 24.9. The molecular formula is C29H27ClN2O4. The summed E-state index contributed by atoms with van der Waals surface area (Å²) in [5, 5.41) is 6.78. The van der Waals surface area contributed by atoms with Crippen LogP contribution in [-0.2, 0) is 11.3 Å². The van der Waals surface area contributed by atoms with E-state index in [0.29, 0.717) is 35.4 Å². The molecule has 184 valence electrons. The van der Waals surface area contributed by atoms with Crippen molar-refractivity contribution in [2.75, 3.05) is 23.8 Å². The van der Waals surface area contributed by atoms with Crippen LogP contribution in [0, 0.1) is 0 Å². The molecule has 4 aromatic carbocycles. The first-order valence-electron chi connectivity index (χ1n) is 11.6. The third-order valence-electron chi connectivity index (χ3n) is 5.12. The topological polar surface area (TPSA) is 68.8 Å². The number of benzene rings is 4. The Hall–Kier alpha value is -4.16. The maximum absolute atomic E-state index is 12.3. The minimum atomic E-state index is -0.273. The fourth-order valence-corrected chi connectivity index (χ4v) is 3.52. The van der Waals surface area contributed by atoms with Crippen molar-refractivity contribution in [3.05, 3.63) is 108 Å². The summed E-state index contributed by atoms with van der Waals surface area (Å²) >= 11 is 5.88. The molecule has 0 spiro atoms. The number of nitrogens with one attached hydrogen (secondary N) is 2. The normalized spacial score (nSPS) is 10.4. The van der Waals surface area contributed by atoms with Crippen LogP contribution in [0.5, 0.6) is 23.0 Å². The quantitative estimate of drug-likeness (QED) is 0.228. The molecule has 0 bridgehead atoms. The number of carbonyl (C=O) groups excluding carboxylic acids is 1. The third-order valence-corrected chi connectivity index (χ3v) is 5.38. The molecule has 4 rings (SSSR count). The Bertz CT molecular complexity index is 1260. The number of amides is 1. The molecule has 7 heteroatoms. The van der Waals surface area contributed by atoms with Crippen molar-refractivity contribution in [2.24, 2.45) is 0 Å². The highest BCUT2D eigenvalue weighted by molar-refractivity contribution is 6.30. The summed E-state index contributed by atoms with van der Waals surface area (Å²) in [6.07, 6.45) is 0. The van der Waals surface area contributed by atoms with Crippen LogP contribution < -0.4 is 24.8 Å². The maximum Gasteiger partial charge on any atom is 0.262 e. The van der Waals surface area contributed by atoms with E-state index >= 15 is 0 Å². The highest BCUT2D eigenvalue weighted by Gasteiger charge is 2.10. The lowest BCUT2D eigenvalue weighted by atomic mass is 10.2. The predicted molar refractivity (Wildman–Crippen MR) is 143 cm³/mol. The molecular weight excluding hydrogens is 476 g/mol. The highest BCUT2D eigenvalue weighted by Crippen LogP contribution is 2.29. The number of hydrogen-bond donors (Lipinski definition) is 2. The van der Waals surface area contributed by atoms with Gasteiger partial charge < -0.3 is 24.8 Å². The number of ether oxygens (including phenoxy) is 3. The number of para-hydroxylation sites is 1. The smallest absolute Gasteiger partial charge is 0.262 e. The van der Waals surface area contributed by atoms with Crippen LogP contribution in [0.4, 0.5) is 11.4 Å². The number of anilines is 2. The highest BCUT2D eigenvalue weighted by atomic mass is 35.5. The van der Waals surface area contributed by atoms with Gasteiger partial charge in [-0.05, 0) is 85.3 Å². The van der Waals surface area contributed by atoms with Gasteiger partial charge >= 0.3 is 0 Å². The Labute approximate surface area is 215 Å². The summed E-state index contributed by atoms with van der Waals surface area (Å²) in [5.74, 6) is 2.39. The lowest BCUT2D eigenvalue weighted by Gasteiger charge is -2.14. The Balaban J connectivity index is 1.31.